The SMILES string of the molecule is CC(CO)(CO)NCC1(O)CCCCCC1. The highest BCUT2D eigenvalue weighted by atomic mass is 16.3. The van der Waals surface area contributed by atoms with Gasteiger partial charge in [-0.1, -0.05) is 25.7 Å². The molecule has 0 aromatic carbocycles. The zero-order valence-electron chi connectivity index (χ0n) is 10.2. The molecular formula is C12H25NO3. The summed E-state index contributed by atoms with van der Waals surface area (Å²) in [5, 5.41) is 31.8. The van der Waals surface area contributed by atoms with Crippen molar-refractivity contribution in [3.8, 4) is 0 Å². The first kappa shape index (κ1) is 13.9. The van der Waals surface area contributed by atoms with Gasteiger partial charge < -0.3 is 20.6 Å². The number of hydrogen-bond acceptors (Lipinski definition) is 4. The Bertz CT molecular complexity index is 196. The van der Waals surface area contributed by atoms with E-state index in [0.29, 0.717) is 6.54 Å². The molecule has 0 radical (unpaired) electrons. The van der Waals surface area contributed by atoms with Crippen LogP contribution in [0.3, 0.4) is 0 Å². The second kappa shape index (κ2) is 5.96. The molecule has 4 heteroatoms. The van der Waals surface area contributed by atoms with Crippen LogP contribution < -0.4 is 5.32 Å². The lowest BCUT2D eigenvalue weighted by molar-refractivity contribution is 0.00671. The fourth-order valence-electron chi connectivity index (χ4n) is 2.10. The molecule has 1 rings (SSSR count). The van der Waals surface area contributed by atoms with E-state index in [1.165, 1.54) is 12.8 Å². The molecule has 1 aliphatic carbocycles. The smallest absolute Gasteiger partial charge is 0.0771 e. The van der Waals surface area contributed by atoms with E-state index in [-0.39, 0.29) is 13.2 Å². The molecule has 96 valence electrons. The van der Waals surface area contributed by atoms with E-state index in [1.54, 1.807) is 6.92 Å². The van der Waals surface area contributed by atoms with Gasteiger partial charge in [-0.2, -0.15) is 0 Å². The van der Waals surface area contributed by atoms with Gasteiger partial charge in [0.15, 0.2) is 0 Å². The molecule has 0 aliphatic heterocycles. The predicted octanol–water partition coefficient (Wildman–Crippen LogP) is 0.405. The van der Waals surface area contributed by atoms with Gasteiger partial charge in [-0.3, -0.25) is 0 Å². The van der Waals surface area contributed by atoms with Gasteiger partial charge in [0, 0.05) is 6.54 Å². The van der Waals surface area contributed by atoms with E-state index in [1.807, 2.05) is 0 Å². The maximum absolute atomic E-state index is 10.4. The molecule has 0 aromatic rings. The summed E-state index contributed by atoms with van der Waals surface area (Å²) in [6.07, 6.45) is 6.14. The van der Waals surface area contributed by atoms with Crippen LogP contribution in [0.25, 0.3) is 0 Å². The van der Waals surface area contributed by atoms with Crippen molar-refractivity contribution in [1.82, 2.24) is 5.32 Å². The molecule has 0 spiro atoms. The molecule has 1 aliphatic rings. The average Bonchev–Trinajstić information content (AvgIpc) is 2.52. The van der Waals surface area contributed by atoms with E-state index in [0.717, 1.165) is 25.7 Å². The first-order valence-electron chi connectivity index (χ1n) is 6.23. The molecule has 0 unspecified atom stereocenters. The molecule has 0 heterocycles. The van der Waals surface area contributed by atoms with Crippen molar-refractivity contribution in [2.75, 3.05) is 19.8 Å². The lowest BCUT2D eigenvalue weighted by Crippen LogP contribution is -2.54. The van der Waals surface area contributed by atoms with E-state index in [9.17, 15) is 5.11 Å². The van der Waals surface area contributed by atoms with Crippen LogP contribution in [0.15, 0.2) is 0 Å². The molecule has 0 atom stereocenters. The predicted molar refractivity (Wildman–Crippen MR) is 63.2 cm³/mol. The fourth-order valence-corrected chi connectivity index (χ4v) is 2.10. The third kappa shape index (κ3) is 4.01. The van der Waals surface area contributed by atoms with Gasteiger partial charge in [-0.15, -0.1) is 0 Å². The van der Waals surface area contributed by atoms with Crippen molar-refractivity contribution < 1.29 is 15.3 Å². The Morgan fingerprint density at radius 1 is 1.06 bits per heavy atom. The standard InChI is InChI=1S/C12H25NO3/c1-11(9-14,10-15)13-8-12(16)6-4-2-3-5-7-12/h13-16H,2-10H2,1H3. The molecule has 0 bridgehead atoms. The van der Waals surface area contributed by atoms with Gasteiger partial charge in [0.2, 0.25) is 0 Å². The normalized spacial score (nSPS) is 21.8. The van der Waals surface area contributed by atoms with Crippen molar-refractivity contribution in [1.29, 1.82) is 0 Å². The molecule has 0 saturated heterocycles. The zero-order chi connectivity index (χ0) is 12.1. The van der Waals surface area contributed by atoms with Crippen LogP contribution in [0, 0.1) is 0 Å². The lowest BCUT2D eigenvalue weighted by atomic mass is 9.93. The van der Waals surface area contributed by atoms with Crippen LogP contribution in [0.2, 0.25) is 0 Å². The minimum atomic E-state index is -0.692. The molecule has 0 aromatic heterocycles. The highest BCUT2D eigenvalue weighted by Gasteiger charge is 2.31. The number of rotatable bonds is 5. The Morgan fingerprint density at radius 2 is 1.56 bits per heavy atom. The van der Waals surface area contributed by atoms with Crippen LogP contribution >= 0.6 is 0 Å². The van der Waals surface area contributed by atoms with Gasteiger partial charge >= 0.3 is 0 Å². The lowest BCUT2D eigenvalue weighted by Gasteiger charge is -2.33. The highest BCUT2D eigenvalue weighted by Crippen LogP contribution is 2.26. The first-order chi connectivity index (χ1) is 7.54. The second-order valence-electron chi connectivity index (χ2n) is 5.37. The topological polar surface area (TPSA) is 72.7 Å². The Morgan fingerprint density at radius 3 is 2.00 bits per heavy atom. The third-order valence-corrected chi connectivity index (χ3v) is 3.58. The summed E-state index contributed by atoms with van der Waals surface area (Å²) in [6.45, 7) is 1.96. The molecule has 4 N–H and O–H groups in total. The van der Waals surface area contributed by atoms with E-state index in [2.05, 4.69) is 5.32 Å². The molecular weight excluding hydrogens is 206 g/mol. The van der Waals surface area contributed by atoms with Gasteiger partial charge in [0.05, 0.1) is 24.4 Å². The minimum Gasteiger partial charge on any atom is -0.394 e. The van der Waals surface area contributed by atoms with Gasteiger partial charge in [-0.05, 0) is 19.8 Å². The van der Waals surface area contributed by atoms with Crippen LogP contribution in [-0.2, 0) is 0 Å². The van der Waals surface area contributed by atoms with Crippen molar-refractivity contribution in [2.45, 2.75) is 56.6 Å². The van der Waals surface area contributed by atoms with Crippen molar-refractivity contribution in [3.63, 3.8) is 0 Å². The van der Waals surface area contributed by atoms with Crippen molar-refractivity contribution >= 4 is 0 Å². The molecule has 1 fully saturated rings. The first-order valence-corrected chi connectivity index (χ1v) is 6.23. The highest BCUT2D eigenvalue weighted by molar-refractivity contribution is 4.89. The van der Waals surface area contributed by atoms with Crippen LogP contribution in [0.5, 0.6) is 0 Å². The summed E-state index contributed by atoms with van der Waals surface area (Å²) in [5.74, 6) is 0. The second-order valence-corrected chi connectivity index (χ2v) is 5.37. The van der Waals surface area contributed by atoms with Crippen LogP contribution in [0.4, 0.5) is 0 Å². The summed E-state index contributed by atoms with van der Waals surface area (Å²) < 4.78 is 0. The number of β-amino-alcohol motifs (C(OH)–C–C–N with tert-alkyl or cyclic N) is 1. The van der Waals surface area contributed by atoms with Crippen LogP contribution in [-0.4, -0.2) is 46.2 Å². The van der Waals surface area contributed by atoms with Crippen molar-refractivity contribution in [3.05, 3.63) is 0 Å². The van der Waals surface area contributed by atoms with Gasteiger partial charge in [0.1, 0.15) is 0 Å². The maximum atomic E-state index is 10.4. The fraction of sp³-hybridized carbons (Fsp3) is 1.00. The summed E-state index contributed by atoms with van der Waals surface area (Å²) in [4.78, 5) is 0. The van der Waals surface area contributed by atoms with Gasteiger partial charge in [-0.25, -0.2) is 0 Å². The van der Waals surface area contributed by atoms with E-state index < -0.39 is 11.1 Å². The Kier molecular flexibility index (Phi) is 5.18. The van der Waals surface area contributed by atoms with Crippen LogP contribution in [0.1, 0.15) is 45.4 Å². The molecule has 1 saturated carbocycles. The molecule has 4 nitrogen and oxygen atoms in total. The number of hydrogen-bond donors (Lipinski definition) is 4. The summed E-state index contributed by atoms with van der Waals surface area (Å²) in [6, 6.07) is 0. The number of aliphatic hydroxyl groups excluding tert-OH is 2. The summed E-state index contributed by atoms with van der Waals surface area (Å²) in [5.41, 5.74) is -1.36. The monoisotopic (exact) mass is 231 g/mol. The largest absolute Gasteiger partial charge is 0.394 e. The number of nitrogens with one attached hydrogen (secondary N) is 1. The third-order valence-electron chi connectivity index (χ3n) is 3.58. The Hall–Kier alpha value is -0.160. The zero-order valence-corrected chi connectivity index (χ0v) is 10.2. The number of aliphatic hydroxyl groups is 3. The van der Waals surface area contributed by atoms with Gasteiger partial charge in [0.25, 0.3) is 0 Å². The average molecular weight is 231 g/mol. The summed E-state index contributed by atoms with van der Waals surface area (Å²) in [7, 11) is 0. The Labute approximate surface area is 97.7 Å². The Balaban J connectivity index is 2.45. The maximum Gasteiger partial charge on any atom is 0.0771 e. The van der Waals surface area contributed by atoms with Crippen molar-refractivity contribution in [2.24, 2.45) is 0 Å². The quantitative estimate of drug-likeness (QED) is 0.517. The minimum absolute atomic E-state index is 0.125. The summed E-state index contributed by atoms with van der Waals surface area (Å²) >= 11 is 0. The molecule has 0 amide bonds. The van der Waals surface area contributed by atoms with E-state index in [4.69, 9.17) is 10.2 Å². The van der Waals surface area contributed by atoms with E-state index >= 15 is 0 Å². The molecule has 16 heavy (non-hydrogen) atoms.